The van der Waals surface area contributed by atoms with Gasteiger partial charge in [0.05, 0.1) is 35.7 Å². The van der Waals surface area contributed by atoms with E-state index in [1.807, 2.05) is 49.4 Å². The number of nitriles is 1. The molecule has 0 fully saturated rings. The largest absolute Gasteiger partial charge is 0.495 e. The second-order valence-electron chi connectivity index (χ2n) is 5.57. The number of para-hydroxylation sites is 3. The van der Waals surface area contributed by atoms with Crippen molar-refractivity contribution in [1.82, 2.24) is 9.55 Å². The van der Waals surface area contributed by atoms with Crippen LogP contribution >= 0.6 is 11.8 Å². The topological polar surface area (TPSA) is 67.9 Å². The fourth-order valence-corrected chi connectivity index (χ4v) is 3.42. The fraction of sp³-hybridized carbons (Fsp3) is 0.211. The lowest BCUT2D eigenvalue weighted by molar-refractivity contribution is 0.411. The monoisotopic (exact) mass is 351 g/mol. The molecule has 1 atom stereocenters. The van der Waals surface area contributed by atoms with E-state index in [1.165, 1.54) is 11.8 Å². The van der Waals surface area contributed by atoms with E-state index in [4.69, 9.17) is 10.00 Å². The van der Waals surface area contributed by atoms with Crippen molar-refractivity contribution in [2.45, 2.75) is 12.1 Å². The van der Waals surface area contributed by atoms with Gasteiger partial charge in [0.15, 0.2) is 5.16 Å². The Morgan fingerprint density at radius 2 is 1.96 bits per heavy atom. The van der Waals surface area contributed by atoms with Crippen LogP contribution in [0.15, 0.2) is 58.5 Å². The molecule has 0 radical (unpaired) electrons. The Kier molecular flexibility index (Phi) is 5.05. The molecule has 3 aromatic rings. The summed E-state index contributed by atoms with van der Waals surface area (Å²) < 4.78 is 6.98. The van der Waals surface area contributed by atoms with Gasteiger partial charge in [-0.15, -0.1) is 0 Å². The molecule has 0 bridgehead atoms. The third-order valence-electron chi connectivity index (χ3n) is 3.75. The van der Waals surface area contributed by atoms with Crippen molar-refractivity contribution < 1.29 is 4.74 Å². The summed E-state index contributed by atoms with van der Waals surface area (Å²) in [4.78, 5) is 17.8. The van der Waals surface area contributed by atoms with E-state index in [-0.39, 0.29) is 11.5 Å². The Morgan fingerprint density at radius 1 is 1.24 bits per heavy atom. The van der Waals surface area contributed by atoms with E-state index >= 15 is 0 Å². The molecule has 6 heteroatoms. The van der Waals surface area contributed by atoms with Crippen molar-refractivity contribution in [3.63, 3.8) is 0 Å². The molecule has 0 unspecified atom stereocenters. The summed E-state index contributed by atoms with van der Waals surface area (Å²) in [5.74, 6) is 1.01. The summed E-state index contributed by atoms with van der Waals surface area (Å²) in [6.45, 7) is 1.85. The van der Waals surface area contributed by atoms with E-state index in [0.29, 0.717) is 33.2 Å². The maximum absolute atomic E-state index is 13.1. The van der Waals surface area contributed by atoms with Gasteiger partial charge in [0.25, 0.3) is 5.56 Å². The smallest absolute Gasteiger partial charge is 0.266 e. The number of thioether (sulfide) groups is 1. The van der Waals surface area contributed by atoms with Crippen LogP contribution in [0.25, 0.3) is 16.6 Å². The van der Waals surface area contributed by atoms with Gasteiger partial charge in [0, 0.05) is 5.75 Å². The van der Waals surface area contributed by atoms with Crippen LogP contribution in [0.1, 0.15) is 6.92 Å². The zero-order valence-corrected chi connectivity index (χ0v) is 14.8. The molecule has 1 heterocycles. The van der Waals surface area contributed by atoms with Crippen LogP contribution in [0.4, 0.5) is 0 Å². The highest BCUT2D eigenvalue weighted by Gasteiger charge is 2.16. The molecule has 5 nitrogen and oxygen atoms in total. The number of rotatable bonds is 5. The number of aromatic nitrogens is 2. The molecule has 0 aliphatic rings. The molecule has 0 saturated carbocycles. The fourth-order valence-electron chi connectivity index (χ4n) is 2.47. The van der Waals surface area contributed by atoms with Crippen LogP contribution < -0.4 is 10.3 Å². The highest BCUT2D eigenvalue weighted by Crippen LogP contribution is 2.27. The minimum atomic E-state index is -0.151. The van der Waals surface area contributed by atoms with Crippen molar-refractivity contribution >= 4 is 22.7 Å². The lowest BCUT2D eigenvalue weighted by Crippen LogP contribution is -2.22. The minimum Gasteiger partial charge on any atom is -0.495 e. The standard InChI is InChI=1S/C19H17N3O2S/c1-13(11-20)12-25-19-21-15-8-4-3-7-14(15)18(23)22(19)16-9-5-6-10-17(16)24-2/h3-10,13H,12H2,1-2H3/t13-/m1/s1. The SMILES string of the molecule is COc1ccccc1-n1c(SC[C@H](C)C#N)nc2ccccc2c1=O. The van der Waals surface area contributed by atoms with Gasteiger partial charge in [-0.2, -0.15) is 5.26 Å². The third kappa shape index (κ3) is 3.37. The van der Waals surface area contributed by atoms with Crippen LogP contribution in [0.3, 0.4) is 0 Å². The predicted molar refractivity (Wildman–Crippen MR) is 99.4 cm³/mol. The minimum absolute atomic E-state index is 0.139. The van der Waals surface area contributed by atoms with Gasteiger partial charge in [-0.3, -0.25) is 9.36 Å². The summed E-state index contributed by atoms with van der Waals surface area (Å²) in [6.07, 6.45) is 0. The van der Waals surface area contributed by atoms with Crippen LogP contribution in [-0.2, 0) is 0 Å². The number of methoxy groups -OCH3 is 1. The first-order valence-electron chi connectivity index (χ1n) is 7.83. The Labute approximate surface area is 149 Å². The molecule has 3 rings (SSSR count). The van der Waals surface area contributed by atoms with Gasteiger partial charge in [0.1, 0.15) is 5.75 Å². The Balaban J connectivity index is 2.25. The van der Waals surface area contributed by atoms with Crippen LogP contribution in [0.5, 0.6) is 5.75 Å². The summed E-state index contributed by atoms with van der Waals surface area (Å²) in [7, 11) is 1.57. The number of hydrogen-bond donors (Lipinski definition) is 0. The van der Waals surface area contributed by atoms with Gasteiger partial charge in [-0.05, 0) is 31.2 Å². The van der Waals surface area contributed by atoms with Crippen LogP contribution in [0, 0.1) is 17.2 Å². The zero-order chi connectivity index (χ0) is 17.8. The summed E-state index contributed by atoms with van der Waals surface area (Å²) in [5, 5.41) is 10.1. The van der Waals surface area contributed by atoms with Crippen molar-refractivity contribution in [3.8, 4) is 17.5 Å². The predicted octanol–water partition coefficient (Wildman–Crippen LogP) is 3.65. The average Bonchev–Trinajstić information content (AvgIpc) is 2.66. The maximum Gasteiger partial charge on any atom is 0.266 e. The molecule has 0 saturated heterocycles. The zero-order valence-electron chi connectivity index (χ0n) is 14.0. The van der Waals surface area contributed by atoms with E-state index in [2.05, 4.69) is 11.1 Å². The Bertz CT molecular complexity index is 1010. The van der Waals surface area contributed by atoms with Crippen molar-refractivity contribution in [1.29, 1.82) is 5.26 Å². The first-order valence-corrected chi connectivity index (χ1v) is 8.82. The molecule has 2 aromatic carbocycles. The molecule has 25 heavy (non-hydrogen) atoms. The van der Waals surface area contributed by atoms with Crippen molar-refractivity contribution in [2.75, 3.05) is 12.9 Å². The number of ether oxygens (including phenoxy) is 1. The Morgan fingerprint density at radius 3 is 2.72 bits per heavy atom. The second kappa shape index (κ2) is 7.41. The van der Waals surface area contributed by atoms with Gasteiger partial charge in [-0.1, -0.05) is 36.0 Å². The van der Waals surface area contributed by atoms with Gasteiger partial charge in [0.2, 0.25) is 0 Å². The molecule has 126 valence electrons. The summed E-state index contributed by atoms with van der Waals surface area (Å²) in [6, 6.07) is 16.8. The first-order chi connectivity index (χ1) is 12.2. The lowest BCUT2D eigenvalue weighted by atomic mass is 10.2. The molecule has 0 spiro atoms. The molecule has 0 N–H and O–H groups in total. The van der Waals surface area contributed by atoms with Crippen LogP contribution in [-0.4, -0.2) is 22.4 Å². The molecule has 0 amide bonds. The number of hydrogen-bond acceptors (Lipinski definition) is 5. The van der Waals surface area contributed by atoms with E-state index < -0.39 is 0 Å². The van der Waals surface area contributed by atoms with Gasteiger partial charge >= 0.3 is 0 Å². The number of benzene rings is 2. The molecule has 1 aromatic heterocycles. The highest BCUT2D eigenvalue weighted by molar-refractivity contribution is 7.99. The quantitative estimate of drug-likeness (QED) is 0.518. The highest BCUT2D eigenvalue weighted by atomic mass is 32.2. The second-order valence-corrected chi connectivity index (χ2v) is 6.55. The van der Waals surface area contributed by atoms with Crippen molar-refractivity contribution in [3.05, 3.63) is 58.9 Å². The molecule has 0 aliphatic heterocycles. The van der Waals surface area contributed by atoms with E-state index in [1.54, 1.807) is 17.7 Å². The van der Waals surface area contributed by atoms with Gasteiger partial charge in [-0.25, -0.2) is 4.98 Å². The van der Waals surface area contributed by atoms with Crippen LogP contribution in [0.2, 0.25) is 0 Å². The molecular formula is C19H17N3O2S. The third-order valence-corrected chi connectivity index (χ3v) is 4.95. The van der Waals surface area contributed by atoms with E-state index in [9.17, 15) is 4.79 Å². The average molecular weight is 351 g/mol. The van der Waals surface area contributed by atoms with Gasteiger partial charge < -0.3 is 4.74 Å². The van der Waals surface area contributed by atoms with Crippen molar-refractivity contribution in [2.24, 2.45) is 5.92 Å². The first kappa shape index (κ1) is 17.1. The summed E-state index contributed by atoms with van der Waals surface area (Å²) >= 11 is 1.40. The number of fused-ring (bicyclic) bond motifs is 1. The Hall–Kier alpha value is -2.78. The molecule has 0 aliphatic carbocycles. The maximum atomic E-state index is 13.1. The molecular weight excluding hydrogens is 334 g/mol. The number of nitrogens with zero attached hydrogens (tertiary/aromatic N) is 3. The van der Waals surface area contributed by atoms with E-state index in [0.717, 1.165) is 0 Å². The normalized spacial score (nSPS) is 11.9. The summed E-state index contributed by atoms with van der Waals surface area (Å²) in [5.41, 5.74) is 1.13. The lowest BCUT2D eigenvalue weighted by Gasteiger charge is -2.16.